The summed E-state index contributed by atoms with van der Waals surface area (Å²) < 4.78 is 18.0. The number of unbranched alkanes of at least 4 members (excludes halogenated alkanes) is 1. The number of fused-ring (bicyclic) bond motifs is 3. The van der Waals surface area contributed by atoms with Crippen LogP contribution in [-0.2, 0) is 0 Å². The number of nitrogens with one attached hydrogen (secondary N) is 1. The van der Waals surface area contributed by atoms with Crippen LogP contribution in [0.15, 0.2) is 65.1 Å². The van der Waals surface area contributed by atoms with Crippen molar-refractivity contribution in [2.75, 3.05) is 11.9 Å². The maximum Gasteiger partial charge on any atom is 0.339 e. The fourth-order valence-corrected chi connectivity index (χ4v) is 3.52. The first-order chi connectivity index (χ1) is 16.2. The minimum Gasteiger partial charge on any atom is -0.462 e. The predicted molar refractivity (Wildman–Crippen MR) is 122 cm³/mol. The van der Waals surface area contributed by atoms with Gasteiger partial charge in [0.25, 0.3) is 0 Å². The SMILES string of the molecule is CCCCOc1nnc2c(n1)OC(c1ccc(-c3ccc(C=O)cc3)o1)Nc1ccccc1-2. The number of ether oxygens (including phenoxy) is 2. The van der Waals surface area contributed by atoms with E-state index in [0.29, 0.717) is 35.3 Å². The average Bonchev–Trinajstić information content (AvgIpc) is 3.29. The van der Waals surface area contributed by atoms with Crippen LogP contribution in [0.3, 0.4) is 0 Å². The highest BCUT2D eigenvalue weighted by atomic mass is 16.5. The number of para-hydroxylation sites is 1. The van der Waals surface area contributed by atoms with Crippen LogP contribution in [0.5, 0.6) is 11.9 Å². The van der Waals surface area contributed by atoms with Gasteiger partial charge in [0.05, 0.1) is 6.61 Å². The largest absolute Gasteiger partial charge is 0.462 e. The zero-order chi connectivity index (χ0) is 22.6. The Bertz CT molecular complexity index is 1270. The summed E-state index contributed by atoms with van der Waals surface area (Å²) in [5.41, 5.74) is 3.64. The molecule has 1 atom stereocenters. The first kappa shape index (κ1) is 20.7. The molecule has 3 heterocycles. The van der Waals surface area contributed by atoms with Crippen molar-refractivity contribution in [3.8, 4) is 34.5 Å². The number of nitrogens with zero attached hydrogens (tertiary/aromatic N) is 3. The van der Waals surface area contributed by atoms with Crippen LogP contribution in [0, 0.1) is 0 Å². The molecule has 8 heteroatoms. The normalized spacial score (nSPS) is 14.3. The van der Waals surface area contributed by atoms with Gasteiger partial charge in [-0.3, -0.25) is 4.79 Å². The molecule has 0 fully saturated rings. The molecule has 0 aliphatic carbocycles. The van der Waals surface area contributed by atoms with Gasteiger partial charge < -0.3 is 19.2 Å². The Balaban J connectivity index is 1.48. The molecule has 166 valence electrons. The van der Waals surface area contributed by atoms with Gasteiger partial charge in [0.2, 0.25) is 12.1 Å². The summed E-state index contributed by atoms with van der Waals surface area (Å²) in [7, 11) is 0. The number of carbonyl (C=O) groups is 1. The summed E-state index contributed by atoms with van der Waals surface area (Å²) >= 11 is 0. The van der Waals surface area contributed by atoms with Crippen molar-refractivity contribution in [2.45, 2.75) is 26.0 Å². The van der Waals surface area contributed by atoms with E-state index in [0.717, 1.165) is 35.9 Å². The van der Waals surface area contributed by atoms with Crippen molar-refractivity contribution in [1.82, 2.24) is 15.2 Å². The Labute approximate surface area is 190 Å². The third-order valence-corrected chi connectivity index (χ3v) is 5.28. The molecule has 0 saturated heterocycles. The number of furan rings is 1. The molecule has 0 radical (unpaired) electrons. The van der Waals surface area contributed by atoms with Gasteiger partial charge in [0, 0.05) is 22.4 Å². The van der Waals surface area contributed by atoms with Crippen LogP contribution in [0.25, 0.3) is 22.6 Å². The molecule has 5 rings (SSSR count). The van der Waals surface area contributed by atoms with Crippen LogP contribution < -0.4 is 14.8 Å². The topological polar surface area (TPSA) is 99.4 Å². The van der Waals surface area contributed by atoms with Gasteiger partial charge >= 0.3 is 6.01 Å². The highest BCUT2D eigenvalue weighted by Crippen LogP contribution is 2.40. The van der Waals surface area contributed by atoms with E-state index in [-0.39, 0.29) is 6.01 Å². The van der Waals surface area contributed by atoms with Crippen molar-refractivity contribution < 1.29 is 18.7 Å². The summed E-state index contributed by atoms with van der Waals surface area (Å²) in [6, 6.07) is 18.8. The number of rotatable bonds is 7. The van der Waals surface area contributed by atoms with E-state index in [1.807, 2.05) is 48.5 Å². The van der Waals surface area contributed by atoms with Gasteiger partial charge in [-0.05, 0) is 24.6 Å². The fourth-order valence-electron chi connectivity index (χ4n) is 3.52. The Kier molecular flexibility index (Phi) is 5.72. The van der Waals surface area contributed by atoms with E-state index in [1.54, 1.807) is 12.1 Å². The molecular weight excluding hydrogens is 420 g/mol. The molecule has 0 saturated carbocycles. The number of aldehydes is 1. The third kappa shape index (κ3) is 4.27. The number of aromatic nitrogens is 3. The van der Waals surface area contributed by atoms with Gasteiger partial charge in [-0.25, -0.2) is 0 Å². The molecule has 1 aliphatic rings. The molecule has 33 heavy (non-hydrogen) atoms. The van der Waals surface area contributed by atoms with Crippen molar-refractivity contribution in [1.29, 1.82) is 0 Å². The van der Waals surface area contributed by atoms with E-state index in [1.165, 1.54) is 0 Å². The van der Waals surface area contributed by atoms with Gasteiger partial charge in [-0.15, -0.1) is 5.10 Å². The molecule has 2 aromatic carbocycles. The molecule has 8 nitrogen and oxygen atoms in total. The van der Waals surface area contributed by atoms with Crippen LogP contribution in [-0.4, -0.2) is 28.1 Å². The van der Waals surface area contributed by atoms with Crippen LogP contribution in [0.4, 0.5) is 5.69 Å². The maximum absolute atomic E-state index is 10.9. The van der Waals surface area contributed by atoms with Crippen molar-refractivity contribution in [3.05, 3.63) is 72.0 Å². The van der Waals surface area contributed by atoms with Gasteiger partial charge in [-0.1, -0.05) is 60.9 Å². The number of hydrogen-bond acceptors (Lipinski definition) is 8. The van der Waals surface area contributed by atoms with Gasteiger partial charge in [-0.2, -0.15) is 4.98 Å². The quantitative estimate of drug-likeness (QED) is 0.304. The molecule has 4 aromatic rings. The highest BCUT2D eigenvalue weighted by molar-refractivity contribution is 5.79. The monoisotopic (exact) mass is 442 g/mol. The minimum atomic E-state index is -0.643. The zero-order valence-corrected chi connectivity index (χ0v) is 18.0. The maximum atomic E-state index is 10.9. The van der Waals surface area contributed by atoms with E-state index in [2.05, 4.69) is 27.4 Å². The summed E-state index contributed by atoms with van der Waals surface area (Å²) in [6.45, 7) is 2.60. The second-order valence-corrected chi connectivity index (χ2v) is 7.58. The Morgan fingerprint density at radius 2 is 1.91 bits per heavy atom. The number of benzene rings is 2. The molecule has 0 amide bonds. The van der Waals surface area contributed by atoms with Crippen molar-refractivity contribution >= 4 is 12.0 Å². The molecule has 2 aromatic heterocycles. The van der Waals surface area contributed by atoms with Crippen molar-refractivity contribution in [2.24, 2.45) is 0 Å². The van der Waals surface area contributed by atoms with Crippen LogP contribution >= 0.6 is 0 Å². The lowest BCUT2D eigenvalue weighted by Gasteiger charge is -2.16. The van der Waals surface area contributed by atoms with Crippen LogP contribution in [0.2, 0.25) is 0 Å². The summed E-state index contributed by atoms with van der Waals surface area (Å²) in [5, 5.41) is 11.8. The number of hydrogen-bond donors (Lipinski definition) is 1. The van der Waals surface area contributed by atoms with Crippen LogP contribution in [0.1, 0.15) is 42.1 Å². The fraction of sp³-hybridized carbons (Fsp3) is 0.200. The summed E-state index contributed by atoms with van der Waals surface area (Å²) in [5.74, 6) is 1.54. The third-order valence-electron chi connectivity index (χ3n) is 5.28. The number of anilines is 1. The summed E-state index contributed by atoms with van der Waals surface area (Å²) in [6.07, 6.45) is 2.08. The second-order valence-electron chi connectivity index (χ2n) is 7.58. The Morgan fingerprint density at radius 3 is 2.73 bits per heavy atom. The highest BCUT2D eigenvalue weighted by Gasteiger charge is 2.28. The van der Waals surface area contributed by atoms with Gasteiger partial charge in [0.1, 0.15) is 12.0 Å². The van der Waals surface area contributed by atoms with Crippen molar-refractivity contribution in [3.63, 3.8) is 0 Å². The summed E-state index contributed by atoms with van der Waals surface area (Å²) in [4.78, 5) is 15.4. The first-order valence-electron chi connectivity index (χ1n) is 10.8. The van der Waals surface area contributed by atoms with E-state index >= 15 is 0 Å². The molecule has 1 unspecified atom stereocenters. The Hall–Kier alpha value is -4.20. The molecule has 0 spiro atoms. The molecular formula is C25H22N4O4. The zero-order valence-electron chi connectivity index (χ0n) is 18.0. The Morgan fingerprint density at radius 1 is 1.06 bits per heavy atom. The smallest absolute Gasteiger partial charge is 0.339 e. The molecule has 0 bridgehead atoms. The molecule has 1 N–H and O–H groups in total. The van der Waals surface area contributed by atoms with E-state index < -0.39 is 6.23 Å². The van der Waals surface area contributed by atoms with E-state index in [4.69, 9.17) is 13.9 Å². The minimum absolute atomic E-state index is 0.177. The lowest BCUT2D eigenvalue weighted by Crippen LogP contribution is -2.16. The van der Waals surface area contributed by atoms with E-state index in [9.17, 15) is 4.79 Å². The predicted octanol–water partition coefficient (Wildman–Crippen LogP) is 5.29. The average molecular weight is 442 g/mol. The molecule has 1 aliphatic heterocycles. The second kappa shape index (κ2) is 9.12. The standard InChI is InChI=1S/C25H22N4O4/c1-2-3-14-31-25-27-24-22(28-29-25)18-6-4-5-7-19(18)26-23(33-24)21-13-12-20(32-21)17-10-8-16(15-30)9-11-17/h4-13,15,23,26H,2-3,14H2,1H3. The number of carbonyl (C=O) groups excluding carboxylic acids is 1. The lowest BCUT2D eigenvalue weighted by atomic mass is 10.1. The first-order valence-corrected chi connectivity index (χ1v) is 10.8. The van der Waals surface area contributed by atoms with Gasteiger partial charge in [0.15, 0.2) is 11.5 Å². The lowest BCUT2D eigenvalue weighted by molar-refractivity contribution is 0.112.